The lowest BCUT2D eigenvalue weighted by Crippen LogP contribution is -2.39. The SMILES string of the molecule is C=CCN(CCO)CC(=O)NCCCc1ccccc1. The van der Waals surface area contributed by atoms with Crippen LogP contribution in [0.25, 0.3) is 0 Å². The molecular formula is C16H24N2O2. The monoisotopic (exact) mass is 276 g/mol. The molecule has 4 heteroatoms. The Labute approximate surface area is 121 Å². The third-order valence-corrected chi connectivity index (χ3v) is 2.98. The molecule has 0 saturated heterocycles. The number of nitrogens with one attached hydrogen (secondary N) is 1. The van der Waals surface area contributed by atoms with Crippen molar-refractivity contribution in [2.24, 2.45) is 0 Å². The minimum absolute atomic E-state index is 0.00615. The van der Waals surface area contributed by atoms with Gasteiger partial charge in [-0.05, 0) is 18.4 Å². The first-order valence-electron chi connectivity index (χ1n) is 7.01. The van der Waals surface area contributed by atoms with E-state index in [4.69, 9.17) is 5.11 Å². The molecule has 0 saturated carbocycles. The van der Waals surface area contributed by atoms with E-state index in [1.807, 2.05) is 23.1 Å². The van der Waals surface area contributed by atoms with Crippen molar-refractivity contribution < 1.29 is 9.90 Å². The van der Waals surface area contributed by atoms with Crippen molar-refractivity contribution in [3.8, 4) is 0 Å². The number of hydrogen-bond donors (Lipinski definition) is 2. The zero-order chi connectivity index (χ0) is 14.6. The van der Waals surface area contributed by atoms with Gasteiger partial charge in [0.1, 0.15) is 0 Å². The van der Waals surface area contributed by atoms with Gasteiger partial charge < -0.3 is 10.4 Å². The highest BCUT2D eigenvalue weighted by atomic mass is 16.3. The van der Waals surface area contributed by atoms with Crippen LogP contribution in [0, 0.1) is 0 Å². The fraction of sp³-hybridized carbons (Fsp3) is 0.438. The summed E-state index contributed by atoms with van der Waals surface area (Å²) >= 11 is 0. The molecule has 0 aliphatic heterocycles. The van der Waals surface area contributed by atoms with Gasteiger partial charge in [0.15, 0.2) is 0 Å². The van der Waals surface area contributed by atoms with Crippen molar-refractivity contribution in [2.75, 3.05) is 32.8 Å². The molecule has 20 heavy (non-hydrogen) atoms. The topological polar surface area (TPSA) is 52.6 Å². The minimum Gasteiger partial charge on any atom is -0.395 e. The van der Waals surface area contributed by atoms with E-state index in [1.54, 1.807) is 6.08 Å². The predicted octanol–water partition coefficient (Wildman–Crippen LogP) is 1.22. The lowest BCUT2D eigenvalue weighted by Gasteiger charge is -2.18. The highest BCUT2D eigenvalue weighted by Crippen LogP contribution is 2.01. The number of amides is 1. The molecule has 0 heterocycles. The van der Waals surface area contributed by atoms with Gasteiger partial charge in [0, 0.05) is 19.6 Å². The summed E-state index contributed by atoms with van der Waals surface area (Å²) < 4.78 is 0. The summed E-state index contributed by atoms with van der Waals surface area (Å²) in [6, 6.07) is 10.2. The standard InChI is InChI=1S/C16H24N2O2/c1-2-11-18(12-13-19)14-16(20)17-10-6-9-15-7-4-3-5-8-15/h2-5,7-8,19H,1,6,9-14H2,(H,17,20). The normalized spacial score (nSPS) is 10.5. The van der Waals surface area contributed by atoms with Gasteiger partial charge in [0.25, 0.3) is 0 Å². The maximum absolute atomic E-state index is 11.7. The predicted molar refractivity (Wildman–Crippen MR) is 81.5 cm³/mol. The zero-order valence-corrected chi connectivity index (χ0v) is 11.9. The van der Waals surface area contributed by atoms with E-state index in [1.165, 1.54) is 5.56 Å². The highest BCUT2D eigenvalue weighted by Gasteiger charge is 2.08. The second-order valence-electron chi connectivity index (χ2n) is 4.69. The largest absolute Gasteiger partial charge is 0.395 e. The van der Waals surface area contributed by atoms with Gasteiger partial charge >= 0.3 is 0 Å². The quantitative estimate of drug-likeness (QED) is 0.499. The first-order valence-corrected chi connectivity index (χ1v) is 7.01. The van der Waals surface area contributed by atoms with Crippen LogP contribution in [0.1, 0.15) is 12.0 Å². The minimum atomic E-state index is -0.00615. The van der Waals surface area contributed by atoms with Crippen LogP contribution in [0.2, 0.25) is 0 Å². The Hall–Kier alpha value is -1.65. The molecule has 1 rings (SSSR count). The van der Waals surface area contributed by atoms with Crippen molar-refractivity contribution in [1.29, 1.82) is 0 Å². The third kappa shape index (κ3) is 7.07. The summed E-state index contributed by atoms with van der Waals surface area (Å²) in [5.74, 6) is -0.00615. The van der Waals surface area contributed by atoms with Crippen LogP contribution in [-0.2, 0) is 11.2 Å². The van der Waals surface area contributed by atoms with Gasteiger partial charge in [0.2, 0.25) is 5.91 Å². The summed E-state index contributed by atoms with van der Waals surface area (Å²) in [4.78, 5) is 13.6. The second kappa shape index (κ2) is 10.2. The van der Waals surface area contributed by atoms with Crippen LogP contribution < -0.4 is 5.32 Å². The van der Waals surface area contributed by atoms with Crippen molar-refractivity contribution >= 4 is 5.91 Å². The van der Waals surface area contributed by atoms with Crippen molar-refractivity contribution in [2.45, 2.75) is 12.8 Å². The van der Waals surface area contributed by atoms with E-state index in [-0.39, 0.29) is 12.5 Å². The molecule has 110 valence electrons. The lowest BCUT2D eigenvalue weighted by molar-refractivity contribution is -0.122. The first-order chi connectivity index (χ1) is 9.76. The summed E-state index contributed by atoms with van der Waals surface area (Å²) in [5, 5.41) is 11.8. The number of rotatable bonds is 10. The average Bonchev–Trinajstić information content (AvgIpc) is 2.45. The Morgan fingerprint density at radius 3 is 2.75 bits per heavy atom. The number of nitrogens with zero attached hydrogens (tertiary/aromatic N) is 1. The molecule has 0 aromatic heterocycles. The Bertz CT molecular complexity index is 393. The van der Waals surface area contributed by atoms with Gasteiger partial charge in [-0.2, -0.15) is 0 Å². The second-order valence-corrected chi connectivity index (χ2v) is 4.69. The van der Waals surface area contributed by atoms with E-state index in [9.17, 15) is 4.79 Å². The molecule has 0 spiro atoms. The molecule has 0 aliphatic rings. The number of carbonyl (C=O) groups excluding carboxylic acids is 1. The number of aryl methyl sites for hydroxylation is 1. The maximum atomic E-state index is 11.7. The zero-order valence-electron chi connectivity index (χ0n) is 11.9. The summed E-state index contributed by atoms with van der Waals surface area (Å²) in [6.07, 6.45) is 3.63. The molecule has 1 amide bonds. The van der Waals surface area contributed by atoms with Crippen molar-refractivity contribution in [1.82, 2.24) is 10.2 Å². The molecular weight excluding hydrogens is 252 g/mol. The summed E-state index contributed by atoms with van der Waals surface area (Å²) in [6.45, 7) is 5.77. The number of hydrogen-bond acceptors (Lipinski definition) is 3. The van der Waals surface area contributed by atoms with Crippen LogP contribution in [0.5, 0.6) is 0 Å². The Kier molecular flexibility index (Phi) is 8.35. The fourth-order valence-corrected chi connectivity index (χ4v) is 1.98. The molecule has 0 atom stereocenters. The van der Waals surface area contributed by atoms with Gasteiger partial charge in [0.05, 0.1) is 13.2 Å². The molecule has 2 N–H and O–H groups in total. The van der Waals surface area contributed by atoms with Gasteiger partial charge in [-0.15, -0.1) is 6.58 Å². The first kappa shape index (κ1) is 16.4. The average molecular weight is 276 g/mol. The van der Waals surface area contributed by atoms with Crippen molar-refractivity contribution in [3.63, 3.8) is 0 Å². The molecule has 0 bridgehead atoms. The molecule has 0 aliphatic carbocycles. The van der Waals surface area contributed by atoms with Crippen LogP contribution in [0.4, 0.5) is 0 Å². The number of carbonyl (C=O) groups is 1. The van der Waals surface area contributed by atoms with Crippen LogP contribution in [0.3, 0.4) is 0 Å². The fourth-order valence-electron chi connectivity index (χ4n) is 1.98. The molecule has 0 unspecified atom stereocenters. The molecule has 1 aromatic carbocycles. The van der Waals surface area contributed by atoms with Gasteiger partial charge in [-0.25, -0.2) is 0 Å². The van der Waals surface area contributed by atoms with Gasteiger partial charge in [-0.1, -0.05) is 36.4 Å². The van der Waals surface area contributed by atoms with E-state index < -0.39 is 0 Å². The lowest BCUT2D eigenvalue weighted by atomic mass is 10.1. The van der Waals surface area contributed by atoms with E-state index in [0.29, 0.717) is 26.2 Å². The Balaban J connectivity index is 2.17. The Morgan fingerprint density at radius 2 is 2.10 bits per heavy atom. The maximum Gasteiger partial charge on any atom is 0.234 e. The smallest absolute Gasteiger partial charge is 0.234 e. The van der Waals surface area contributed by atoms with Crippen LogP contribution in [-0.4, -0.2) is 48.7 Å². The van der Waals surface area contributed by atoms with Crippen LogP contribution >= 0.6 is 0 Å². The number of aliphatic hydroxyl groups excluding tert-OH is 1. The number of benzene rings is 1. The molecule has 0 fully saturated rings. The van der Waals surface area contributed by atoms with E-state index in [2.05, 4.69) is 24.0 Å². The molecule has 0 radical (unpaired) electrons. The van der Waals surface area contributed by atoms with E-state index in [0.717, 1.165) is 12.8 Å². The van der Waals surface area contributed by atoms with Crippen molar-refractivity contribution in [3.05, 3.63) is 48.6 Å². The molecule has 1 aromatic rings. The van der Waals surface area contributed by atoms with E-state index >= 15 is 0 Å². The number of aliphatic hydroxyl groups is 1. The Morgan fingerprint density at radius 1 is 1.35 bits per heavy atom. The molecule has 4 nitrogen and oxygen atoms in total. The van der Waals surface area contributed by atoms with Gasteiger partial charge in [-0.3, -0.25) is 9.69 Å². The summed E-state index contributed by atoms with van der Waals surface area (Å²) in [7, 11) is 0. The van der Waals surface area contributed by atoms with Crippen LogP contribution in [0.15, 0.2) is 43.0 Å². The highest BCUT2D eigenvalue weighted by molar-refractivity contribution is 5.77. The summed E-state index contributed by atoms with van der Waals surface area (Å²) in [5.41, 5.74) is 1.29. The third-order valence-electron chi connectivity index (χ3n) is 2.98.